The van der Waals surface area contributed by atoms with E-state index >= 15 is 0 Å². The van der Waals surface area contributed by atoms with E-state index in [4.69, 9.17) is 19.9 Å². The van der Waals surface area contributed by atoms with Gasteiger partial charge in [0.15, 0.2) is 0 Å². The molecule has 4 heterocycles. The van der Waals surface area contributed by atoms with Gasteiger partial charge in [-0.1, -0.05) is 6.07 Å². The van der Waals surface area contributed by atoms with Crippen molar-refractivity contribution in [1.29, 1.82) is 0 Å². The van der Waals surface area contributed by atoms with Crippen molar-refractivity contribution < 1.29 is 14.2 Å². The van der Waals surface area contributed by atoms with E-state index in [1.54, 1.807) is 19.4 Å². The Hall–Kier alpha value is -3.42. The van der Waals surface area contributed by atoms with E-state index in [0.717, 1.165) is 53.5 Å². The Balaban J connectivity index is 1.25. The van der Waals surface area contributed by atoms with Gasteiger partial charge in [-0.15, -0.1) is 0 Å². The monoisotopic (exact) mass is 430 g/mol. The second-order valence-corrected chi connectivity index (χ2v) is 8.03. The number of aromatic nitrogens is 2. The van der Waals surface area contributed by atoms with Gasteiger partial charge < -0.3 is 19.9 Å². The number of nitrogen functional groups attached to an aromatic ring is 1. The third kappa shape index (κ3) is 4.44. The highest BCUT2D eigenvalue weighted by Gasteiger charge is 2.24. The molecule has 0 saturated carbocycles. The van der Waals surface area contributed by atoms with Crippen LogP contribution in [-0.2, 0) is 4.74 Å². The topological polar surface area (TPSA) is 82.7 Å². The summed E-state index contributed by atoms with van der Waals surface area (Å²) < 4.78 is 17.3. The number of benzene rings is 1. The number of hydrogen-bond donors (Lipinski definition) is 1. The lowest BCUT2D eigenvalue weighted by atomic mass is 10.1. The molecule has 0 amide bonds. The number of methoxy groups -OCH3 is 1. The zero-order valence-corrected chi connectivity index (χ0v) is 18.0. The summed E-state index contributed by atoms with van der Waals surface area (Å²) in [4.78, 5) is 11.2. The minimum absolute atomic E-state index is 0.0557. The van der Waals surface area contributed by atoms with Crippen LogP contribution in [0.3, 0.4) is 0 Å². The molecule has 1 unspecified atom stereocenters. The summed E-state index contributed by atoms with van der Waals surface area (Å²) in [5, 5.41) is 0. The van der Waals surface area contributed by atoms with Crippen LogP contribution in [0.25, 0.3) is 17.2 Å². The van der Waals surface area contributed by atoms with Crippen LogP contribution in [0.4, 0.5) is 5.82 Å². The van der Waals surface area contributed by atoms with Gasteiger partial charge >= 0.3 is 0 Å². The molecule has 5 rings (SSSR count). The summed E-state index contributed by atoms with van der Waals surface area (Å²) in [6, 6.07) is 13.7. The summed E-state index contributed by atoms with van der Waals surface area (Å²) in [5.41, 5.74) is 10.9. The maximum absolute atomic E-state index is 6.03. The number of hydrogen-bond acceptors (Lipinski definition) is 7. The summed E-state index contributed by atoms with van der Waals surface area (Å²) in [7, 11) is 1.68. The molecule has 7 heteroatoms. The van der Waals surface area contributed by atoms with Crippen molar-refractivity contribution in [1.82, 2.24) is 14.9 Å². The highest BCUT2D eigenvalue weighted by atomic mass is 16.5. The van der Waals surface area contributed by atoms with E-state index in [0.29, 0.717) is 19.0 Å². The molecule has 1 aromatic carbocycles. The molecule has 3 aromatic rings. The molecular weight excluding hydrogens is 404 g/mol. The quantitative estimate of drug-likeness (QED) is 0.662. The summed E-state index contributed by atoms with van der Waals surface area (Å²) >= 11 is 0. The fraction of sp³-hybridized carbons (Fsp3) is 0.280. The standard InChI is InChI=1S/C25H26N4O3/c1-30-21-4-6-23-20(11-21)10-17(16-32-23)14-29-8-9-31-24(15-29)22-5-2-18(12-27-22)19-3-7-25(26)28-13-19/h2-7,10-13,24H,8-9,14-16H2,1H3,(H2,26,28). The lowest BCUT2D eigenvalue weighted by Gasteiger charge is -2.33. The van der Waals surface area contributed by atoms with Crippen LogP contribution in [0, 0.1) is 0 Å². The minimum atomic E-state index is -0.0557. The van der Waals surface area contributed by atoms with Crippen molar-refractivity contribution >= 4 is 11.9 Å². The number of morpholine rings is 1. The van der Waals surface area contributed by atoms with Crippen LogP contribution in [0.15, 0.2) is 60.4 Å². The Kier molecular flexibility index (Phi) is 5.75. The molecule has 1 saturated heterocycles. The van der Waals surface area contributed by atoms with E-state index in [-0.39, 0.29) is 6.10 Å². The van der Waals surface area contributed by atoms with Crippen molar-refractivity contribution in [3.63, 3.8) is 0 Å². The Morgan fingerprint density at radius 2 is 1.94 bits per heavy atom. The third-order valence-corrected chi connectivity index (χ3v) is 5.80. The zero-order valence-electron chi connectivity index (χ0n) is 18.0. The van der Waals surface area contributed by atoms with E-state index in [2.05, 4.69) is 27.0 Å². The predicted octanol–water partition coefficient (Wildman–Crippen LogP) is 3.58. The fourth-order valence-corrected chi connectivity index (χ4v) is 4.08. The Morgan fingerprint density at radius 3 is 2.69 bits per heavy atom. The number of nitrogens with zero attached hydrogens (tertiary/aromatic N) is 3. The first-order valence-corrected chi connectivity index (χ1v) is 10.7. The van der Waals surface area contributed by atoms with Gasteiger partial charge in [0, 0.05) is 48.7 Å². The van der Waals surface area contributed by atoms with Gasteiger partial charge in [0.1, 0.15) is 30.0 Å². The molecule has 0 spiro atoms. The second-order valence-electron chi connectivity index (χ2n) is 8.03. The number of anilines is 1. The maximum Gasteiger partial charge on any atom is 0.127 e. The first kappa shape index (κ1) is 20.5. The largest absolute Gasteiger partial charge is 0.497 e. The van der Waals surface area contributed by atoms with Gasteiger partial charge in [-0.3, -0.25) is 9.88 Å². The van der Waals surface area contributed by atoms with Gasteiger partial charge in [0.05, 0.1) is 19.4 Å². The number of ether oxygens (including phenoxy) is 3. The van der Waals surface area contributed by atoms with E-state index in [9.17, 15) is 0 Å². The first-order chi connectivity index (χ1) is 15.7. The summed E-state index contributed by atoms with van der Waals surface area (Å²) in [6.45, 7) is 3.79. The van der Waals surface area contributed by atoms with Crippen LogP contribution in [0.2, 0.25) is 0 Å². The molecule has 164 valence electrons. The molecular formula is C25H26N4O3. The van der Waals surface area contributed by atoms with Crippen LogP contribution in [0.1, 0.15) is 17.4 Å². The van der Waals surface area contributed by atoms with Crippen molar-refractivity contribution in [3.05, 3.63) is 71.7 Å². The average Bonchev–Trinajstić information content (AvgIpc) is 2.84. The van der Waals surface area contributed by atoms with Gasteiger partial charge in [-0.2, -0.15) is 0 Å². The molecule has 2 aliphatic rings. The zero-order chi connectivity index (χ0) is 21.9. The van der Waals surface area contributed by atoms with Crippen LogP contribution in [-0.4, -0.2) is 54.8 Å². The van der Waals surface area contributed by atoms with Crippen LogP contribution >= 0.6 is 0 Å². The smallest absolute Gasteiger partial charge is 0.127 e. The Morgan fingerprint density at radius 1 is 1.09 bits per heavy atom. The molecule has 0 radical (unpaired) electrons. The molecule has 0 aliphatic carbocycles. The van der Waals surface area contributed by atoms with E-state index in [1.807, 2.05) is 36.5 Å². The SMILES string of the molecule is COc1ccc2c(c1)C=C(CN1CCOC(c3ccc(-c4ccc(N)nc4)cn3)C1)CO2. The molecule has 2 aliphatic heterocycles. The highest BCUT2D eigenvalue weighted by molar-refractivity contribution is 5.64. The Labute approximate surface area is 187 Å². The first-order valence-electron chi connectivity index (χ1n) is 10.7. The van der Waals surface area contributed by atoms with Crippen LogP contribution in [0.5, 0.6) is 11.5 Å². The van der Waals surface area contributed by atoms with Crippen LogP contribution < -0.4 is 15.2 Å². The second kappa shape index (κ2) is 8.98. The minimum Gasteiger partial charge on any atom is -0.497 e. The molecule has 32 heavy (non-hydrogen) atoms. The normalized spacial score (nSPS) is 18.4. The van der Waals surface area contributed by atoms with Crippen molar-refractivity contribution in [2.45, 2.75) is 6.10 Å². The fourth-order valence-electron chi connectivity index (χ4n) is 4.08. The average molecular weight is 431 g/mol. The summed E-state index contributed by atoms with van der Waals surface area (Å²) in [6.07, 6.45) is 5.78. The molecule has 1 fully saturated rings. The number of pyridine rings is 2. The van der Waals surface area contributed by atoms with E-state index < -0.39 is 0 Å². The molecule has 0 bridgehead atoms. The number of fused-ring (bicyclic) bond motifs is 1. The molecule has 1 atom stereocenters. The lowest BCUT2D eigenvalue weighted by Crippen LogP contribution is -2.40. The number of nitrogens with two attached hydrogens (primary N) is 1. The Bertz CT molecular complexity index is 1110. The highest BCUT2D eigenvalue weighted by Crippen LogP contribution is 2.31. The molecule has 2 N–H and O–H groups in total. The van der Waals surface area contributed by atoms with Crippen molar-refractivity contribution in [2.24, 2.45) is 0 Å². The molecule has 2 aromatic heterocycles. The van der Waals surface area contributed by atoms with Gasteiger partial charge in [-0.05, 0) is 48.0 Å². The van der Waals surface area contributed by atoms with Gasteiger partial charge in [-0.25, -0.2) is 4.98 Å². The van der Waals surface area contributed by atoms with Crippen molar-refractivity contribution in [2.75, 3.05) is 45.7 Å². The third-order valence-electron chi connectivity index (χ3n) is 5.80. The van der Waals surface area contributed by atoms with Gasteiger partial charge in [0.2, 0.25) is 0 Å². The van der Waals surface area contributed by atoms with E-state index in [1.165, 1.54) is 5.57 Å². The summed E-state index contributed by atoms with van der Waals surface area (Å²) in [5.74, 6) is 2.24. The lowest BCUT2D eigenvalue weighted by molar-refractivity contribution is -0.0294. The predicted molar refractivity (Wildman–Crippen MR) is 123 cm³/mol. The van der Waals surface area contributed by atoms with Crippen molar-refractivity contribution in [3.8, 4) is 22.6 Å². The molecule has 7 nitrogen and oxygen atoms in total. The number of rotatable bonds is 5. The van der Waals surface area contributed by atoms with Gasteiger partial charge in [0.25, 0.3) is 0 Å². The maximum atomic E-state index is 6.03.